The first kappa shape index (κ1) is 13.3. The lowest BCUT2D eigenvalue weighted by Gasteiger charge is -2.27. The van der Waals surface area contributed by atoms with E-state index in [-0.39, 0.29) is 6.10 Å². The fourth-order valence-electron chi connectivity index (χ4n) is 2.30. The van der Waals surface area contributed by atoms with Crippen LogP contribution in [0, 0.1) is 0 Å². The van der Waals surface area contributed by atoms with Gasteiger partial charge in [-0.3, -0.25) is 0 Å². The van der Waals surface area contributed by atoms with E-state index in [1.807, 2.05) is 12.1 Å². The molecule has 1 aliphatic heterocycles. The van der Waals surface area contributed by atoms with Crippen LogP contribution in [0.4, 0.5) is 0 Å². The van der Waals surface area contributed by atoms with Gasteiger partial charge in [-0.1, -0.05) is 24.2 Å². The molecule has 0 unspecified atom stereocenters. The molecule has 0 amide bonds. The van der Waals surface area contributed by atoms with E-state index < -0.39 is 0 Å². The number of hydrogen-bond acceptors (Lipinski definition) is 5. The minimum Gasteiger partial charge on any atom is -0.367 e. The zero-order valence-electron chi connectivity index (χ0n) is 11.9. The lowest BCUT2D eigenvalue weighted by Crippen LogP contribution is -2.35. The van der Waals surface area contributed by atoms with Crippen molar-refractivity contribution in [3.8, 4) is 11.5 Å². The molecule has 0 bridgehead atoms. The average Bonchev–Trinajstić information content (AvgIpc) is 2.97. The van der Waals surface area contributed by atoms with Crippen LogP contribution in [-0.2, 0) is 11.2 Å². The smallest absolute Gasteiger partial charge is 0.258 e. The topological polar surface area (TPSA) is 51.4 Å². The summed E-state index contributed by atoms with van der Waals surface area (Å²) >= 11 is 0. The Bertz CT molecular complexity index is 565. The number of likely N-dealkylation sites (N-methyl/N-ethyl adjacent to an activating group) is 1. The van der Waals surface area contributed by atoms with Crippen molar-refractivity contribution < 1.29 is 9.26 Å². The summed E-state index contributed by atoms with van der Waals surface area (Å²) < 4.78 is 11.0. The SMILES string of the molecule is CCc1ccc(-c2nc([C@@H]3CN(C)CCO3)no2)cc1. The summed E-state index contributed by atoms with van der Waals surface area (Å²) in [5, 5.41) is 4.06. The van der Waals surface area contributed by atoms with Crippen LogP contribution in [0.3, 0.4) is 0 Å². The van der Waals surface area contributed by atoms with Gasteiger partial charge in [-0.15, -0.1) is 0 Å². The molecule has 1 aliphatic rings. The summed E-state index contributed by atoms with van der Waals surface area (Å²) in [7, 11) is 2.07. The van der Waals surface area contributed by atoms with Crippen molar-refractivity contribution in [1.29, 1.82) is 0 Å². The van der Waals surface area contributed by atoms with Gasteiger partial charge in [0.25, 0.3) is 5.89 Å². The van der Waals surface area contributed by atoms with E-state index in [0.29, 0.717) is 18.3 Å². The summed E-state index contributed by atoms with van der Waals surface area (Å²) in [5.41, 5.74) is 2.25. The third kappa shape index (κ3) is 2.73. The predicted molar refractivity (Wildman–Crippen MR) is 75.3 cm³/mol. The number of morpholine rings is 1. The fraction of sp³-hybridized carbons (Fsp3) is 0.467. The number of aryl methyl sites for hydroxylation is 1. The van der Waals surface area contributed by atoms with E-state index in [1.54, 1.807) is 0 Å². The summed E-state index contributed by atoms with van der Waals surface area (Å²) in [4.78, 5) is 6.67. The van der Waals surface area contributed by atoms with E-state index >= 15 is 0 Å². The van der Waals surface area contributed by atoms with Crippen LogP contribution in [-0.4, -0.2) is 41.8 Å². The summed E-state index contributed by atoms with van der Waals surface area (Å²) in [6.07, 6.45) is 0.929. The van der Waals surface area contributed by atoms with E-state index in [0.717, 1.165) is 25.1 Å². The zero-order chi connectivity index (χ0) is 13.9. The summed E-state index contributed by atoms with van der Waals surface area (Å²) in [5.74, 6) is 1.19. The maximum atomic E-state index is 5.69. The van der Waals surface area contributed by atoms with E-state index in [2.05, 4.69) is 41.1 Å². The zero-order valence-corrected chi connectivity index (χ0v) is 11.9. The molecule has 5 heteroatoms. The van der Waals surface area contributed by atoms with Crippen LogP contribution >= 0.6 is 0 Å². The summed E-state index contributed by atoms with van der Waals surface area (Å²) in [6.45, 7) is 4.58. The van der Waals surface area contributed by atoms with Gasteiger partial charge in [-0.2, -0.15) is 4.98 Å². The number of hydrogen-bond donors (Lipinski definition) is 0. The molecular weight excluding hydrogens is 254 g/mol. The molecule has 1 aromatic carbocycles. The molecule has 0 spiro atoms. The molecule has 1 saturated heterocycles. The fourth-order valence-corrected chi connectivity index (χ4v) is 2.30. The Labute approximate surface area is 118 Å². The van der Waals surface area contributed by atoms with Crippen molar-refractivity contribution in [3.05, 3.63) is 35.7 Å². The summed E-state index contributed by atoms with van der Waals surface area (Å²) in [6, 6.07) is 8.21. The quantitative estimate of drug-likeness (QED) is 0.859. The minimum absolute atomic E-state index is 0.0961. The highest BCUT2D eigenvalue weighted by atomic mass is 16.5. The van der Waals surface area contributed by atoms with E-state index in [4.69, 9.17) is 9.26 Å². The van der Waals surface area contributed by atoms with Gasteiger partial charge < -0.3 is 14.2 Å². The van der Waals surface area contributed by atoms with Crippen LogP contribution in [0.2, 0.25) is 0 Å². The molecule has 3 rings (SSSR count). The second-order valence-corrected chi connectivity index (χ2v) is 5.13. The van der Waals surface area contributed by atoms with Gasteiger partial charge in [-0.05, 0) is 31.2 Å². The molecule has 0 aliphatic carbocycles. The molecule has 2 heterocycles. The second-order valence-electron chi connectivity index (χ2n) is 5.13. The lowest BCUT2D eigenvalue weighted by atomic mass is 10.1. The number of aromatic nitrogens is 2. The van der Waals surface area contributed by atoms with Crippen LogP contribution < -0.4 is 0 Å². The largest absolute Gasteiger partial charge is 0.367 e. The van der Waals surface area contributed by atoms with Gasteiger partial charge in [-0.25, -0.2) is 0 Å². The normalized spacial score (nSPS) is 20.2. The van der Waals surface area contributed by atoms with E-state index in [9.17, 15) is 0 Å². The number of nitrogens with zero attached hydrogens (tertiary/aromatic N) is 3. The van der Waals surface area contributed by atoms with Gasteiger partial charge in [0.05, 0.1) is 6.61 Å². The van der Waals surface area contributed by atoms with Gasteiger partial charge in [0.15, 0.2) is 0 Å². The highest BCUT2D eigenvalue weighted by molar-refractivity contribution is 5.53. The van der Waals surface area contributed by atoms with Crippen molar-refractivity contribution in [1.82, 2.24) is 15.0 Å². The Morgan fingerprint density at radius 3 is 2.80 bits per heavy atom. The molecular formula is C15H19N3O2. The van der Waals surface area contributed by atoms with Crippen molar-refractivity contribution in [2.75, 3.05) is 26.7 Å². The molecule has 20 heavy (non-hydrogen) atoms. The molecule has 1 atom stereocenters. The van der Waals surface area contributed by atoms with E-state index in [1.165, 1.54) is 5.56 Å². The lowest BCUT2D eigenvalue weighted by molar-refractivity contribution is -0.0264. The first-order valence-electron chi connectivity index (χ1n) is 6.99. The monoisotopic (exact) mass is 273 g/mol. The van der Waals surface area contributed by atoms with Crippen LogP contribution in [0.1, 0.15) is 24.4 Å². The molecule has 0 saturated carbocycles. The molecule has 106 valence electrons. The standard InChI is InChI=1S/C15H19N3O2/c1-3-11-4-6-12(7-5-11)15-16-14(17-20-15)13-10-18(2)8-9-19-13/h4-7,13H,3,8-10H2,1-2H3/t13-/m0/s1. The third-order valence-corrected chi connectivity index (χ3v) is 3.61. The molecule has 5 nitrogen and oxygen atoms in total. The Balaban J connectivity index is 1.78. The van der Waals surface area contributed by atoms with Crippen molar-refractivity contribution in [3.63, 3.8) is 0 Å². The van der Waals surface area contributed by atoms with Crippen LogP contribution in [0.5, 0.6) is 0 Å². The first-order valence-corrected chi connectivity index (χ1v) is 6.99. The van der Waals surface area contributed by atoms with Crippen LogP contribution in [0.25, 0.3) is 11.5 Å². The molecule has 0 N–H and O–H groups in total. The number of rotatable bonds is 3. The van der Waals surface area contributed by atoms with Crippen molar-refractivity contribution in [2.45, 2.75) is 19.4 Å². The van der Waals surface area contributed by atoms with Gasteiger partial charge in [0, 0.05) is 18.7 Å². The molecule has 2 aromatic rings. The van der Waals surface area contributed by atoms with Gasteiger partial charge in [0.2, 0.25) is 5.82 Å². The highest BCUT2D eigenvalue weighted by Crippen LogP contribution is 2.23. The second kappa shape index (κ2) is 5.73. The molecule has 1 aromatic heterocycles. The first-order chi connectivity index (χ1) is 9.76. The Kier molecular flexibility index (Phi) is 3.80. The van der Waals surface area contributed by atoms with Gasteiger partial charge in [0.1, 0.15) is 6.10 Å². The third-order valence-electron chi connectivity index (χ3n) is 3.61. The van der Waals surface area contributed by atoms with Crippen molar-refractivity contribution >= 4 is 0 Å². The Hall–Kier alpha value is -1.72. The van der Waals surface area contributed by atoms with Crippen LogP contribution in [0.15, 0.2) is 28.8 Å². The Morgan fingerprint density at radius 1 is 1.30 bits per heavy atom. The number of ether oxygens (including phenoxy) is 1. The predicted octanol–water partition coefficient (Wildman–Crippen LogP) is 2.30. The average molecular weight is 273 g/mol. The van der Waals surface area contributed by atoms with Crippen molar-refractivity contribution in [2.24, 2.45) is 0 Å². The minimum atomic E-state index is -0.0961. The molecule has 1 fully saturated rings. The Morgan fingerprint density at radius 2 is 2.10 bits per heavy atom. The maximum Gasteiger partial charge on any atom is 0.258 e. The number of benzene rings is 1. The van der Waals surface area contributed by atoms with Gasteiger partial charge >= 0.3 is 0 Å². The highest BCUT2D eigenvalue weighted by Gasteiger charge is 2.24. The molecule has 0 radical (unpaired) electrons. The maximum absolute atomic E-state index is 5.69.